The molecule has 0 saturated heterocycles. The van der Waals surface area contributed by atoms with Gasteiger partial charge in [-0.3, -0.25) is 4.79 Å². The molecule has 0 heterocycles. The monoisotopic (exact) mass is 299 g/mol. The maximum Gasteiger partial charge on any atom is 0.255 e. The van der Waals surface area contributed by atoms with Crippen LogP contribution in [0, 0.1) is 5.82 Å². The summed E-state index contributed by atoms with van der Waals surface area (Å²) in [5, 5.41) is -0.233. The highest BCUT2D eigenvalue weighted by molar-refractivity contribution is 6.31. The Hall–Kier alpha value is -0.940. The van der Waals surface area contributed by atoms with E-state index in [-0.39, 0.29) is 23.0 Å². The molecule has 2 nitrogen and oxygen atoms in total. The van der Waals surface area contributed by atoms with Gasteiger partial charge in [-0.05, 0) is 18.2 Å². The van der Waals surface area contributed by atoms with E-state index in [1.165, 1.54) is 6.07 Å². The van der Waals surface area contributed by atoms with Crippen LogP contribution in [0.3, 0.4) is 0 Å². The number of carbonyl (C=O) groups excluding carboxylic acids is 1. The molecule has 1 aromatic rings. The van der Waals surface area contributed by atoms with Crippen LogP contribution >= 0.6 is 23.2 Å². The van der Waals surface area contributed by atoms with Gasteiger partial charge in [0.05, 0.1) is 11.6 Å². The number of amides is 1. The Kier molecular flexibility index (Phi) is 5.75. The fraction of sp³-hybridized carbons (Fsp3) is 0.364. The highest BCUT2D eigenvalue weighted by Crippen LogP contribution is 2.17. The zero-order valence-electron chi connectivity index (χ0n) is 9.18. The summed E-state index contributed by atoms with van der Waals surface area (Å²) in [6.07, 6.45) is -2.66. The first-order valence-electron chi connectivity index (χ1n) is 5.04. The van der Waals surface area contributed by atoms with Crippen LogP contribution in [0.15, 0.2) is 18.2 Å². The Labute approximate surface area is 112 Å². The maximum absolute atomic E-state index is 12.9. The fourth-order valence-electron chi connectivity index (χ4n) is 1.36. The summed E-state index contributed by atoms with van der Waals surface area (Å²) in [5.41, 5.74) is 0.0483. The lowest BCUT2D eigenvalue weighted by Gasteiger charge is -2.21. The summed E-state index contributed by atoms with van der Waals surface area (Å²) >= 11 is 11.0. The molecule has 18 heavy (non-hydrogen) atoms. The molecule has 0 saturated carbocycles. The van der Waals surface area contributed by atoms with E-state index in [0.717, 1.165) is 17.0 Å². The molecule has 0 spiro atoms. The van der Waals surface area contributed by atoms with Gasteiger partial charge in [-0.25, -0.2) is 13.2 Å². The number of alkyl halides is 3. The van der Waals surface area contributed by atoms with Crippen molar-refractivity contribution in [3.63, 3.8) is 0 Å². The van der Waals surface area contributed by atoms with Crippen LogP contribution < -0.4 is 0 Å². The van der Waals surface area contributed by atoms with Gasteiger partial charge in [-0.1, -0.05) is 11.6 Å². The molecule has 0 bridgehead atoms. The Balaban J connectivity index is 2.90. The van der Waals surface area contributed by atoms with Crippen molar-refractivity contribution in [3.05, 3.63) is 34.6 Å². The summed E-state index contributed by atoms with van der Waals surface area (Å²) in [4.78, 5) is 12.8. The Bertz CT molecular complexity index is 429. The van der Waals surface area contributed by atoms with Crippen molar-refractivity contribution in [2.75, 3.05) is 19.0 Å². The predicted octanol–water partition coefficient (Wildman–Crippen LogP) is 3.43. The van der Waals surface area contributed by atoms with Crippen LogP contribution in [-0.4, -0.2) is 36.2 Å². The number of halogens is 5. The van der Waals surface area contributed by atoms with Gasteiger partial charge in [0.25, 0.3) is 12.3 Å². The minimum absolute atomic E-state index is 0.0142. The van der Waals surface area contributed by atoms with E-state index >= 15 is 0 Å². The number of rotatable bonds is 5. The van der Waals surface area contributed by atoms with E-state index in [2.05, 4.69) is 0 Å². The van der Waals surface area contributed by atoms with Gasteiger partial charge < -0.3 is 4.90 Å². The van der Waals surface area contributed by atoms with Gasteiger partial charge in [-0.2, -0.15) is 0 Å². The van der Waals surface area contributed by atoms with Crippen molar-refractivity contribution in [3.8, 4) is 0 Å². The van der Waals surface area contributed by atoms with E-state index < -0.39 is 24.7 Å². The first kappa shape index (κ1) is 15.1. The molecule has 1 aromatic carbocycles. The normalized spacial score (nSPS) is 10.8. The highest BCUT2D eigenvalue weighted by Gasteiger charge is 2.20. The minimum Gasteiger partial charge on any atom is -0.332 e. The molecular weight excluding hydrogens is 290 g/mol. The summed E-state index contributed by atoms with van der Waals surface area (Å²) in [5.74, 6) is -1.29. The predicted molar refractivity (Wildman–Crippen MR) is 64.0 cm³/mol. The largest absolute Gasteiger partial charge is 0.332 e. The molecule has 1 rings (SSSR count). The van der Waals surface area contributed by atoms with Gasteiger partial charge in [-0.15, -0.1) is 11.6 Å². The van der Waals surface area contributed by atoms with Crippen LogP contribution in [-0.2, 0) is 0 Å². The molecule has 100 valence electrons. The van der Waals surface area contributed by atoms with Gasteiger partial charge in [0.15, 0.2) is 0 Å². The fourth-order valence-corrected chi connectivity index (χ4v) is 1.74. The zero-order valence-corrected chi connectivity index (χ0v) is 10.7. The van der Waals surface area contributed by atoms with Crippen LogP contribution in [0.2, 0.25) is 5.02 Å². The number of carbonyl (C=O) groups is 1. The van der Waals surface area contributed by atoms with E-state index in [1.54, 1.807) is 0 Å². The molecule has 0 radical (unpaired) electrons. The average molecular weight is 300 g/mol. The van der Waals surface area contributed by atoms with Crippen LogP contribution in [0.25, 0.3) is 0 Å². The molecule has 1 amide bonds. The summed E-state index contributed by atoms with van der Waals surface area (Å²) in [6, 6.07) is 3.30. The van der Waals surface area contributed by atoms with Crippen molar-refractivity contribution in [1.82, 2.24) is 4.90 Å². The molecular formula is C11H10Cl2F3NO. The van der Waals surface area contributed by atoms with Gasteiger partial charge >= 0.3 is 0 Å². The second-order valence-electron chi connectivity index (χ2n) is 3.46. The molecule has 0 unspecified atom stereocenters. The lowest BCUT2D eigenvalue weighted by molar-refractivity contribution is 0.0571. The first-order chi connectivity index (χ1) is 8.45. The number of nitrogens with zero attached hydrogens (tertiary/aromatic N) is 1. The molecule has 0 aromatic heterocycles. The van der Waals surface area contributed by atoms with Crippen LogP contribution in [0.1, 0.15) is 10.4 Å². The van der Waals surface area contributed by atoms with E-state index in [0.29, 0.717) is 0 Å². The Morgan fingerprint density at radius 3 is 2.56 bits per heavy atom. The van der Waals surface area contributed by atoms with E-state index in [4.69, 9.17) is 23.2 Å². The summed E-state index contributed by atoms with van der Waals surface area (Å²) < 4.78 is 37.5. The van der Waals surface area contributed by atoms with E-state index in [1.807, 2.05) is 0 Å². The third-order valence-electron chi connectivity index (χ3n) is 2.17. The maximum atomic E-state index is 12.9. The van der Waals surface area contributed by atoms with Crippen LogP contribution in [0.5, 0.6) is 0 Å². The lowest BCUT2D eigenvalue weighted by Crippen LogP contribution is -2.36. The quantitative estimate of drug-likeness (QED) is 0.763. The smallest absolute Gasteiger partial charge is 0.255 e. The van der Waals surface area contributed by atoms with Crippen LogP contribution in [0.4, 0.5) is 13.2 Å². The highest BCUT2D eigenvalue weighted by atomic mass is 35.5. The van der Waals surface area contributed by atoms with E-state index in [9.17, 15) is 18.0 Å². The van der Waals surface area contributed by atoms with Crippen molar-refractivity contribution in [2.45, 2.75) is 6.43 Å². The summed E-state index contributed by atoms with van der Waals surface area (Å²) in [6.45, 7) is -0.736. The average Bonchev–Trinajstić information content (AvgIpc) is 2.31. The Morgan fingerprint density at radius 2 is 2.06 bits per heavy atom. The standard InChI is InChI=1S/C11H10Cl2F3NO/c12-3-4-17(6-10(15)16)11(18)7-1-2-9(14)8(13)5-7/h1-2,5,10H,3-4,6H2. The third-order valence-corrected chi connectivity index (χ3v) is 2.63. The number of hydrogen-bond donors (Lipinski definition) is 0. The molecule has 0 fully saturated rings. The minimum atomic E-state index is -2.66. The zero-order chi connectivity index (χ0) is 13.7. The Morgan fingerprint density at radius 1 is 1.39 bits per heavy atom. The lowest BCUT2D eigenvalue weighted by atomic mass is 10.2. The molecule has 0 aliphatic carbocycles. The molecule has 0 atom stereocenters. The molecule has 0 aliphatic rings. The second-order valence-corrected chi connectivity index (χ2v) is 4.25. The molecule has 7 heteroatoms. The topological polar surface area (TPSA) is 20.3 Å². The van der Waals surface area contributed by atoms with Gasteiger partial charge in [0, 0.05) is 18.0 Å². The van der Waals surface area contributed by atoms with Gasteiger partial charge in [0.2, 0.25) is 0 Å². The SMILES string of the molecule is O=C(c1ccc(F)c(Cl)c1)N(CCCl)CC(F)F. The van der Waals surface area contributed by atoms with Crippen molar-refractivity contribution >= 4 is 29.1 Å². The van der Waals surface area contributed by atoms with Crippen molar-refractivity contribution < 1.29 is 18.0 Å². The first-order valence-corrected chi connectivity index (χ1v) is 5.95. The van der Waals surface area contributed by atoms with Crippen molar-refractivity contribution in [1.29, 1.82) is 0 Å². The third kappa shape index (κ3) is 4.07. The molecule has 0 N–H and O–H groups in total. The number of benzene rings is 1. The summed E-state index contributed by atoms with van der Waals surface area (Å²) in [7, 11) is 0. The number of hydrogen-bond acceptors (Lipinski definition) is 1. The van der Waals surface area contributed by atoms with Gasteiger partial charge in [0.1, 0.15) is 5.82 Å². The van der Waals surface area contributed by atoms with Crippen molar-refractivity contribution in [2.24, 2.45) is 0 Å². The molecule has 0 aliphatic heterocycles. The second kappa shape index (κ2) is 6.85.